The predicted octanol–water partition coefficient (Wildman–Crippen LogP) is 3.60. The van der Waals surface area contributed by atoms with Crippen molar-refractivity contribution in [3.63, 3.8) is 0 Å². The van der Waals surface area contributed by atoms with Crippen LogP contribution in [0.25, 0.3) is 0 Å². The summed E-state index contributed by atoms with van der Waals surface area (Å²) in [5, 5.41) is 13.6. The molecule has 5 nitrogen and oxygen atoms in total. The van der Waals surface area contributed by atoms with Gasteiger partial charge in [0.2, 0.25) is 0 Å². The number of para-hydroxylation sites is 1. The second kappa shape index (κ2) is 6.49. The SMILES string of the molecule is Cc1ccc(Br)cc1C(=O)NCc1ccccc1[N+](=O)[O-]. The van der Waals surface area contributed by atoms with Gasteiger partial charge in [-0.2, -0.15) is 0 Å². The van der Waals surface area contributed by atoms with Gasteiger partial charge in [-0.05, 0) is 24.6 Å². The normalized spacial score (nSPS) is 10.2. The second-order valence-corrected chi connectivity index (χ2v) is 5.44. The number of amides is 1. The molecule has 0 atom stereocenters. The summed E-state index contributed by atoms with van der Waals surface area (Å²) in [7, 11) is 0. The molecule has 0 aliphatic heterocycles. The Morgan fingerprint density at radius 1 is 1.29 bits per heavy atom. The molecule has 0 saturated carbocycles. The van der Waals surface area contributed by atoms with Crippen LogP contribution in [0.1, 0.15) is 21.5 Å². The lowest BCUT2D eigenvalue weighted by Crippen LogP contribution is -2.24. The van der Waals surface area contributed by atoms with Gasteiger partial charge in [-0.25, -0.2) is 0 Å². The minimum absolute atomic E-state index is 0.00349. The van der Waals surface area contributed by atoms with E-state index in [-0.39, 0.29) is 18.1 Å². The number of hydrogen-bond acceptors (Lipinski definition) is 3. The van der Waals surface area contributed by atoms with Crippen LogP contribution >= 0.6 is 15.9 Å². The molecule has 0 heterocycles. The van der Waals surface area contributed by atoms with E-state index in [4.69, 9.17) is 0 Å². The van der Waals surface area contributed by atoms with Crippen LogP contribution in [0.2, 0.25) is 0 Å². The Bertz CT molecular complexity index is 701. The fourth-order valence-electron chi connectivity index (χ4n) is 1.95. The van der Waals surface area contributed by atoms with Crippen molar-refractivity contribution in [2.75, 3.05) is 0 Å². The molecule has 0 aromatic heterocycles. The fourth-order valence-corrected chi connectivity index (χ4v) is 2.31. The molecule has 21 heavy (non-hydrogen) atoms. The van der Waals surface area contributed by atoms with Gasteiger partial charge in [0.25, 0.3) is 11.6 Å². The van der Waals surface area contributed by atoms with E-state index in [2.05, 4.69) is 21.2 Å². The van der Waals surface area contributed by atoms with Crippen LogP contribution in [-0.2, 0) is 6.54 Å². The van der Waals surface area contributed by atoms with E-state index in [0.717, 1.165) is 10.0 Å². The van der Waals surface area contributed by atoms with Crippen LogP contribution in [0.4, 0.5) is 5.69 Å². The molecule has 0 radical (unpaired) electrons. The largest absolute Gasteiger partial charge is 0.348 e. The summed E-state index contributed by atoms with van der Waals surface area (Å²) < 4.78 is 0.809. The van der Waals surface area contributed by atoms with Gasteiger partial charge in [0, 0.05) is 28.2 Å². The molecule has 0 unspecified atom stereocenters. The molecule has 0 spiro atoms. The van der Waals surface area contributed by atoms with Gasteiger partial charge >= 0.3 is 0 Å². The first-order chi connectivity index (χ1) is 9.99. The van der Waals surface area contributed by atoms with E-state index >= 15 is 0 Å². The standard InChI is InChI=1S/C15H13BrN2O3/c1-10-6-7-12(16)8-13(10)15(19)17-9-11-4-2-3-5-14(11)18(20)21/h2-8H,9H2,1H3,(H,17,19). The van der Waals surface area contributed by atoms with Crippen molar-refractivity contribution in [3.05, 3.63) is 73.7 Å². The molecule has 0 bridgehead atoms. The number of benzene rings is 2. The van der Waals surface area contributed by atoms with Crippen molar-refractivity contribution >= 4 is 27.5 Å². The fraction of sp³-hybridized carbons (Fsp3) is 0.133. The maximum atomic E-state index is 12.2. The Hall–Kier alpha value is -2.21. The summed E-state index contributed by atoms with van der Waals surface area (Å²) in [5.41, 5.74) is 1.87. The van der Waals surface area contributed by atoms with Crippen molar-refractivity contribution < 1.29 is 9.72 Å². The molecule has 0 aliphatic carbocycles. The Kier molecular flexibility index (Phi) is 4.70. The first kappa shape index (κ1) is 15.2. The van der Waals surface area contributed by atoms with Gasteiger partial charge in [-0.15, -0.1) is 0 Å². The van der Waals surface area contributed by atoms with Crippen LogP contribution < -0.4 is 5.32 Å². The number of carbonyl (C=O) groups excluding carboxylic acids is 1. The molecule has 1 amide bonds. The summed E-state index contributed by atoms with van der Waals surface area (Å²) in [6, 6.07) is 11.8. The maximum Gasteiger partial charge on any atom is 0.274 e. The van der Waals surface area contributed by atoms with Gasteiger partial charge in [0.05, 0.1) is 4.92 Å². The summed E-state index contributed by atoms with van der Waals surface area (Å²) in [6.07, 6.45) is 0. The Morgan fingerprint density at radius 3 is 2.71 bits per heavy atom. The smallest absolute Gasteiger partial charge is 0.274 e. The topological polar surface area (TPSA) is 72.2 Å². The number of nitro groups is 1. The Morgan fingerprint density at radius 2 is 2.00 bits per heavy atom. The highest BCUT2D eigenvalue weighted by atomic mass is 79.9. The molecular formula is C15H13BrN2O3. The van der Waals surface area contributed by atoms with Gasteiger partial charge < -0.3 is 5.32 Å². The van der Waals surface area contributed by atoms with E-state index in [0.29, 0.717) is 11.1 Å². The van der Waals surface area contributed by atoms with Crippen LogP contribution in [-0.4, -0.2) is 10.8 Å². The number of hydrogen-bond donors (Lipinski definition) is 1. The Balaban J connectivity index is 2.15. The number of nitro benzene ring substituents is 1. The molecule has 0 aliphatic rings. The third-order valence-electron chi connectivity index (χ3n) is 3.07. The number of nitrogens with one attached hydrogen (secondary N) is 1. The van der Waals surface area contributed by atoms with E-state index in [1.807, 2.05) is 19.1 Å². The second-order valence-electron chi connectivity index (χ2n) is 4.53. The quantitative estimate of drug-likeness (QED) is 0.677. The minimum Gasteiger partial charge on any atom is -0.348 e. The summed E-state index contributed by atoms with van der Waals surface area (Å²) in [4.78, 5) is 22.6. The number of halogens is 1. The zero-order valence-electron chi connectivity index (χ0n) is 11.3. The third kappa shape index (κ3) is 3.66. The molecule has 0 saturated heterocycles. The lowest BCUT2D eigenvalue weighted by molar-refractivity contribution is -0.385. The predicted molar refractivity (Wildman–Crippen MR) is 83.1 cm³/mol. The van der Waals surface area contributed by atoms with Gasteiger partial charge in [0.1, 0.15) is 0 Å². The molecular weight excluding hydrogens is 336 g/mol. The first-order valence-corrected chi connectivity index (χ1v) is 7.05. The maximum absolute atomic E-state index is 12.2. The molecule has 108 valence electrons. The lowest BCUT2D eigenvalue weighted by atomic mass is 10.1. The average Bonchev–Trinajstić information content (AvgIpc) is 2.47. The monoisotopic (exact) mass is 348 g/mol. The molecule has 0 fully saturated rings. The van der Waals surface area contributed by atoms with Gasteiger partial charge in [-0.3, -0.25) is 14.9 Å². The van der Waals surface area contributed by atoms with Crippen LogP contribution in [0, 0.1) is 17.0 Å². The van der Waals surface area contributed by atoms with Crippen LogP contribution in [0.3, 0.4) is 0 Å². The summed E-state index contributed by atoms with van der Waals surface area (Å²) in [6.45, 7) is 1.95. The highest BCUT2D eigenvalue weighted by Gasteiger charge is 2.14. The van der Waals surface area contributed by atoms with Crippen molar-refractivity contribution in [3.8, 4) is 0 Å². The van der Waals surface area contributed by atoms with E-state index in [1.165, 1.54) is 6.07 Å². The zero-order chi connectivity index (χ0) is 15.4. The van der Waals surface area contributed by atoms with Crippen molar-refractivity contribution in [1.29, 1.82) is 0 Å². The number of carbonyl (C=O) groups is 1. The van der Waals surface area contributed by atoms with E-state index in [9.17, 15) is 14.9 Å². The van der Waals surface area contributed by atoms with Gasteiger partial charge in [-0.1, -0.05) is 40.2 Å². The van der Waals surface area contributed by atoms with Crippen molar-refractivity contribution in [2.24, 2.45) is 0 Å². The number of nitrogens with zero attached hydrogens (tertiary/aromatic N) is 1. The highest BCUT2D eigenvalue weighted by Crippen LogP contribution is 2.19. The molecule has 6 heteroatoms. The van der Waals surface area contributed by atoms with Crippen LogP contribution in [0.15, 0.2) is 46.9 Å². The molecule has 1 N–H and O–H groups in total. The molecule has 2 rings (SSSR count). The van der Waals surface area contributed by atoms with Crippen molar-refractivity contribution in [1.82, 2.24) is 5.32 Å². The van der Waals surface area contributed by atoms with E-state index < -0.39 is 4.92 Å². The number of rotatable bonds is 4. The van der Waals surface area contributed by atoms with Crippen LogP contribution in [0.5, 0.6) is 0 Å². The average molecular weight is 349 g/mol. The lowest BCUT2D eigenvalue weighted by Gasteiger charge is -2.08. The number of aryl methyl sites for hydroxylation is 1. The molecule has 2 aromatic carbocycles. The molecule has 2 aromatic rings. The summed E-state index contributed by atoms with van der Waals surface area (Å²) in [5.74, 6) is -0.257. The van der Waals surface area contributed by atoms with E-state index in [1.54, 1.807) is 24.3 Å². The first-order valence-electron chi connectivity index (χ1n) is 6.25. The minimum atomic E-state index is -0.453. The zero-order valence-corrected chi connectivity index (χ0v) is 12.9. The summed E-state index contributed by atoms with van der Waals surface area (Å²) >= 11 is 3.32. The third-order valence-corrected chi connectivity index (χ3v) is 3.57. The van der Waals surface area contributed by atoms with Crippen molar-refractivity contribution in [2.45, 2.75) is 13.5 Å². The Labute approximate surface area is 130 Å². The highest BCUT2D eigenvalue weighted by molar-refractivity contribution is 9.10. The van der Waals surface area contributed by atoms with Gasteiger partial charge in [0.15, 0.2) is 0 Å².